The van der Waals surface area contributed by atoms with E-state index in [1.54, 1.807) is 24.3 Å². The third kappa shape index (κ3) is 5.27. The van der Waals surface area contributed by atoms with Gasteiger partial charge in [-0.05, 0) is 42.2 Å². The van der Waals surface area contributed by atoms with Crippen molar-refractivity contribution in [3.63, 3.8) is 0 Å². The van der Waals surface area contributed by atoms with Crippen LogP contribution in [0.15, 0.2) is 60.4 Å². The van der Waals surface area contributed by atoms with Gasteiger partial charge in [-0.3, -0.25) is 0 Å². The molecule has 152 valence electrons. The number of aliphatic hydroxyl groups is 1. The van der Waals surface area contributed by atoms with Crippen molar-refractivity contribution in [2.45, 2.75) is 17.7 Å². The summed E-state index contributed by atoms with van der Waals surface area (Å²) in [6, 6.07) is 12.8. The number of aliphatic hydroxyl groups excluding tert-OH is 1. The number of halogens is 3. The van der Waals surface area contributed by atoms with Gasteiger partial charge in [0.25, 0.3) is 0 Å². The van der Waals surface area contributed by atoms with Crippen molar-refractivity contribution in [3.05, 3.63) is 81.5 Å². The molecule has 0 saturated carbocycles. The summed E-state index contributed by atoms with van der Waals surface area (Å²) in [5, 5.41) is 11.1. The molecule has 0 aliphatic heterocycles. The molecule has 1 unspecified atom stereocenters. The topological polar surface area (TPSA) is 55.8 Å². The highest BCUT2D eigenvalue weighted by Gasteiger charge is 2.32. The van der Waals surface area contributed by atoms with Gasteiger partial charge in [0.05, 0.1) is 12.0 Å². The second kappa shape index (κ2) is 9.12. The molecule has 2 aromatic rings. The van der Waals surface area contributed by atoms with Gasteiger partial charge in [0, 0.05) is 15.6 Å². The maximum atomic E-state index is 11.2. The Hall–Kier alpha value is -2.14. The molecule has 4 nitrogen and oxygen atoms in total. The highest BCUT2D eigenvalue weighted by Crippen LogP contribution is 2.42. The van der Waals surface area contributed by atoms with Gasteiger partial charge in [-0.25, -0.2) is 4.79 Å². The van der Waals surface area contributed by atoms with Crippen LogP contribution >= 0.6 is 34.8 Å². The van der Waals surface area contributed by atoms with E-state index in [1.807, 2.05) is 30.3 Å². The Morgan fingerprint density at radius 2 is 1.83 bits per heavy atom. The molecule has 0 bridgehead atoms. The molecule has 2 aromatic carbocycles. The average Bonchev–Trinajstić information content (AvgIpc) is 2.71. The van der Waals surface area contributed by atoms with Crippen molar-refractivity contribution in [1.82, 2.24) is 0 Å². The number of rotatable bonds is 6. The standard InChI is InChI=1S/C22H19Cl3O4/c1-28-21(27)13-29-15-9-18(23)17(19(24)10-15)12-22(25)8-7-20(26)16(11-22)14-5-3-2-4-6-14/h2-10,26H,11-13H2,1H3. The lowest BCUT2D eigenvalue weighted by molar-refractivity contribution is -0.142. The second-order valence-corrected chi connectivity index (χ2v) is 8.25. The van der Waals surface area contributed by atoms with E-state index in [9.17, 15) is 9.90 Å². The quantitative estimate of drug-likeness (QED) is 0.431. The number of allylic oxidation sites excluding steroid dienone is 3. The summed E-state index contributed by atoms with van der Waals surface area (Å²) in [7, 11) is 1.28. The maximum absolute atomic E-state index is 11.2. The smallest absolute Gasteiger partial charge is 0.343 e. The van der Waals surface area contributed by atoms with Crippen molar-refractivity contribution in [2.24, 2.45) is 0 Å². The molecule has 0 radical (unpaired) electrons. The number of hydrogen-bond donors (Lipinski definition) is 1. The van der Waals surface area contributed by atoms with Gasteiger partial charge in [-0.2, -0.15) is 0 Å². The fourth-order valence-electron chi connectivity index (χ4n) is 3.11. The Balaban J connectivity index is 1.81. The predicted octanol–water partition coefficient (Wildman–Crippen LogP) is 5.99. The van der Waals surface area contributed by atoms with Gasteiger partial charge in [-0.15, -0.1) is 11.6 Å². The maximum Gasteiger partial charge on any atom is 0.343 e. The molecule has 3 rings (SSSR count). The summed E-state index contributed by atoms with van der Waals surface area (Å²) in [4.78, 5) is 10.4. The van der Waals surface area contributed by atoms with Crippen LogP contribution in [0.25, 0.3) is 5.57 Å². The Morgan fingerprint density at radius 3 is 2.45 bits per heavy atom. The lowest BCUT2D eigenvalue weighted by Crippen LogP contribution is -2.25. The molecular formula is C22H19Cl3O4. The third-order valence-electron chi connectivity index (χ3n) is 4.61. The van der Waals surface area contributed by atoms with Gasteiger partial charge in [0.2, 0.25) is 0 Å². The monoisotopic (exact) mass is 452 g/mol. The van der Waals surface area contributed by atoms with Crippen molar-refractivity contribution in [1.29, 1.82) is 0 Å². The molecule has 29 heavy (non-hydrogen) atoms. The first kappa shape index (κ1) is 21.6. The Labute approximate surface area is 184 Å². The highest BCUT2D eigenvalue weighted by molar-refractivity contribution is 6.36. The zero-order chi connectivity index (χ0) is 21.0. The Morgan fingerprint density at radius 1 is 1.17 bits per heavy atom. The third-order valence-corrected chi connectivity index (χ3v) is 5.68. The molecule has 1 atom stereocenters. The summed E-state index contributed by atoms with van der Waals surface area (Å²) < 4.78 is 9.89. The van der Waals surface area contributed by atoms with Crippen molar-refractivity contribution < 1.29 is 19.4 Å². The Kier molecular flexibility index (Phi) is 6.78. The zero-order valence-electron chi connectivity index (χ0n) is 15.6. The van der Waals surface area contributed by atoms with E-state index in [-0.39, 0.29) is 12.4 Å². The number of ether oxygens (including phenoxy) is 2. The number of alkyl halides is 1. The van der Waals surface area contributed by atoms with Crippen LogP contribution in [0.4, 0.5) is 0 Å². The van der Waals surface area contributed by atoms with Crippen LogP contribution in [0.2, 0.25) is 10.0 Å². The van der Waals surface area contributed by atoms with E-state index in [2.05, 4.69) is 4.74 Å². The molecule has 1 aliphatic carbocycles. The summed E-state index contributed by atoms with van der Waals surface area (Å²) in [6.07, 6.45) is 4.12. The number of hydrogen-bond acceptors (Lipinski definition) is 4. The number of carbonyl (C=O) groups excluding carboxylic acids is 1. The normalized spacial score (nSPS) is 18.6. The molecule has 0 amide bonds. The van der Waals surface area contributed by atoms with E-state index in [4.69, 9.17) is 39.5 Å². The van der Waals surface area contributed by atoms with Crippen LogP contribution in [0.3, 0.4) is 0 Å². The molecule has 0 saturated heterocycles. The molecule has 1 aliphatic rings. The first-order valence-electron chi connectivity index (χ1n) is 8.84. The summed E-state index contributed by atoms with van der Waals surface area (Å²) >= 11 is 19.7. The van der Waals surface area contributed by atoms with Crippen LogP contribution in [-0.4, -0.2) is 29.7 Å². The molecule has 0 heterocycles. The first-order valence-corrected chi connectivity index (χ1v) is 9.98. The van der Waals surface area contributed by atoms with Crippen molar-refractivity contribution >= 4 is 46.3 Å². The lowest BCUT2D eigenvalue weighted by Gasteiger charge is -2.29. The molecular weight excluding hydrogens is 435 g/mol. The van der Waals surface area contributed by atoms with E-state index < -0.39 is 10.8 Å². The molecule has 7 heteroatoms. The van der Waals surface area contributed by atoms with E-state index >= 15 is 0 Å². The van der Waals surface area contributed by atoms with Gasteiger partial charge < -0.3 is 14.6 Å². The predicted molar refractivity (Wildman–Crippen MR) is 116 cm³/mol. The number of benzene rings is 2. The minimum atomic E-state index is -0.806. The zero-order valence-corrected chi connectivity index (χ0v) is 17.9. The molecule has 0 spiro atoms. The van der Waals surface area contributed by atoms with E-state index in [0.29, 0.717) is 34.2 Å². The second-order valence-electron chi connectivity index (χ2n) is 6.68. The SMILES string of the molecule is COC(=O)COc1cc(Cl)c(CC2(Cl)C=CC(O)=C(c3ccccc3)C2)c(Cl)c1. The molecule has 0 aromatic heterocycles. The first-order chi connectivity index (χ1) is 13.8. The van der Waals surface area contributed by atoms with Gasteiger partial charge >= 0.3 is 5.97 Å². The summed E-state index contributed by atoms with van der Waals surface area (Å²) in [5.74, 6) is 0.0455. The van der Waals surface area contributed by atoms with Gasteiger partial charge in [0.1, 0.15) is 11.5 Å². The summed E-state index contributed by atoms with van der Waals surface area (Å²) in [6.45, 7) is -0.241. The van der Waals surface area contributed by atoms with Crippen LogP contribution in [0.1, 0.15) is 17.5 Å². The number of carbonyl (C=O) groups is 1. The minimum Gasteiger partial charge on any atom is -0.508 e. The highest BCUT2D eigenvalue weighted by atomic mass is 35.5. The van der Waals surface area contributed by atoms with Crippen LogP contribution in [-0.2, 0) is 16.0 Å². The molecule has 0 fully saturated rings. The molecule has 1 N–H and O–H groups in total. The van der Waals surface area contributed by atoms with Gasteiger partial charge in [-0.1, -0.05) is 59.6 Å². The van der Waals surface area contributed by atoms with Crippen LogP contribution < -0.4 is 4.74 Å². The number of methoxy groups -OCH3 is 1. The fourth-order valence-corrected chi connectivity index (χ4v) is 4.04. The average molecular weight is 454 g/mol. The summed E-state index contributed by atoms with van der Waals surface area (Å²) in [5.41, 5.74) is 2.32. The van der Waals surface area contributed by atoms with Crippen LogP contribution in [0, 0.1) is 0 Å². The number of esters is 1. The van der Waals surface area contributed by atoms with Gasteiger partial charge in [0.15, 0.2) is 6.61 Å². The largest absolute Gasteiger partial charge is 0.508 e. The fraction of sp³-hybridized carbons (Fsp3) is 0.227. The van der Waals surface area contributed by atoms with Crippen molar-refractivity contribution in [3.8, 4) is 5.75 Å². The van der Waals surface area contributed by atoms with Crippen molar-refractivity contribution in [2.75, 3.05) is 13.7 Å². The van der Waals surface area contributed by atoms with Crippen LogP contribution in [0.5, 0.6) is 5.75 Å². The lowest BCUT2D eigenvalue weighted by atomic mass is 9.84. The van der Waals surface area contributed by atoms with E-state index in [0.717, 1.165) is 11.1 Å². The minimum absolute atomic E-state index is 0.191. The van der Waals surface area contributed by atoms with E-state index in [1.165, 1.54) is 7.11 Å². The Bertz CT molecular complexity index is 946.